The van der Waals surface area contributed by atoms with Gasteiger partial charge in [-0.3, -0.25) is 4.79 Å². The fourth-order valence-electron chi connectivity index (χ4n) is 2.37. The number of benzene rings is 2. The molecule has 0 aliphatic heterocycles. The smallest absolute Gasteiger partial charge is 0.342 e. The Morgan fingerprint density at radius 2 is 1.74 bits per heavy atom. The molecule has 144 valence electrons. The highest BCUT2D eigenvalue weighted by Gasteiger charge is 2.22. The lowest BCUT2D eigenvalue weighted by Crippen LogP contribution is -2.28. The van der Waals surface area contributed by atoms with Crippen molar-refractivity contribution in [2.24, 2.45) is 0 Å². The highest BCUT2D eigenvalue weighted by molar-refractivity contribution is 6.30. The van der Waals surface area contributed by atoms with Gasteiger partial charge in [0.05, 0.1) is 21.3 Å². The number of nitrogens with one attached hydrogen (secondary N) is 1. The third-order valence-corrected chi connectivity index (χ3v) is 3.87. The van der Waals surface area contributed by atoms with Crippen LogP contribution in [0.25, 0.3) is 0 Å². The van der Waals surface area contributed by atoms with Crippen molar-refractivity contribution in [2.75, 3.05) is 27.9 Å². The quantitative estimate of drug-likeness (QED) is 0.694. The molecule has 2 aromatic carbocycles. The second kappa shape index (κ2) is 9.68. The highest BCUT2D eigenvalue weighted by atomic mass is 35.5. The lowest BCUT2D eigenvalue weighted by atomic mass is 10.1. The second-order valence-corrected chi connectivity index (χ2v) is 5.80. The Morgan fingerprint density at radius 3 is 2.37 bits per heavy atom. The average molecular weight is 394 g/mol. The molecule has 0 aliphatic carbocycles. The normalized spacial score (nSPS) is 10.1. The second-order valence-electron chi connectivity index (χ2n) is 5.36. The molecule has 0 bridgehead atoms. The number of halogens is 1. The van der Waals surface area contributed by atoms with Crippen molar-refractivity contribution in [1.82, 2.24) is 5.32 Å². The van der Waals surface area contributed by atoms with Gasteiger partial charge in [0, 0.05) is 11.6 Å². The Hall–Kier alpha value is -2.93. The maximum absolute atomic E-state index is 12.3. The third-order valence-electron chi connectivity index (χ3n) is 3.64. The van der Waals surface area contributed by atoms with Gasteiger partial charge in [-0.25, -0.2) is 4.79 Å². The lowest BCUT2D eigenvalue weighted by Gasteiger charge is -2.15. The molecule has 0 fully saturated rings. The number of carbonyl (C=O) groups excluding carboxylic acids is 2. The summed E-state index contributed by atoms with van der Waals surface area (Å²) < 4.78 is 20.7. The number of hydrogen-bond donors (Lipinski definition) is 1. The van der Waals surface area contributed by atoms with Crippen molar-refractivity contribution < 1.29 is 28.5 Å². The first-order valence-corrected chi connectivity index (χ1v) is 8.35. The maximum Gasteiger partial charge on any atom is 0.342 e. The highest BCUT2D eigenvalue weighted by Crippen LogP contribution is 2.39. The van der Waals surface area contributed by atoms with E-state index in [-0.39, 0.29) is 23.6 Å². The van der Waals surface area contributed by atoms with Crippen molar-refractivity contribution in [3.05, 3.63) is 52.5 Å². The molecule has 0 aromatic heterocycles. The average Bonchev–Trinajstić information content (AvgIpc) is 2.69. The first kappa shape index (κ1) is 20.4. The van der Waals surface area contributed by atoms with E-state index in [4.69, 9.17) is 30.5 Å². The van der Waals surface area contributed by atoms with Crippen molar-refractivity contribution in [1.29, 1.82) is 0 Å². The van der Waals surface area contributed by atoms with Crippen LogP contribution >= 0.6 is 11.6 Å². The zero-order valence-electron chi connectivity index (χ0n) is 15.2. The van der Waals surface area contributed by atoms with Crippen molar-refractivity contribution >= 4 is 23.5 Å². The summed E-state index contributed by atoms with van der Waals surface area (Å²) in [6, 6.07) is 10.1. The number of hydrogen-bond acceptors (Lipinski definition) is 6. The van der Waals surface area contributed by atoms with E-state index in [1.807, 2.05) is 6.07 Å². The van der Waals surface area contributed by atoms with E-state index in [0.29, 0.717) is 10.8 Å². The molecule has 0 heterocycles. The van der Waals surface area contributed by atoms with E-state index in [1.165, 1.54) is 27.4 Å². The largest absolute Gasteiger partial charge is 0.493 e. The van der Waals surface area contributed by atoms with E-state index in [0.717, 1.165) is 5.56 Å². The monoisotopic (exact) mass is 393 g/mol. The predicted molar refractivity (Wildman–Crippen MR) is 99.7 cm³/mol. The summed E-state index contributed by atoms with van der Waals surface area (Å²) in [6.07, 6.45) is 0. The first-order chi connectivity index (χ1) is 13.0. The van der Waals surface area contributed by atoms with Crippen LogP contribution in [0.1, 0.15) is 15.9 Å². The molecule has 1 amide bonds. The molecular formula is C19H20ClNO6. The van der Waals surface area contributed by atoms with Gasteiger partial charge in [0.2, 0.25) is 5.75 Å². The molecular weight excluding hydrogens is 374 g/mol. The Bertz CT molecular complexity index is 824. The zero-order chi connectivity index (χ0) is 19.8. The minimum atomic E-state index is -0.717. The summed E-state index contributed by atoms with van der Waals surface area (Å²) in [5, 5.41) is 3.23. The molecule has 0 saturated carbocycles. The Morgan fingerprint density at radius 1 is 1.00 bits per heavy atom. The Kier molecular flexibility index (Phi) is 7.31. The molecule has 2 rings (SSSR count). The number of carbonyl (C=O) groups is 2. The fourth-order valence-corrected chi connectivity index (χ4v) is 2.58. The topological polar surface area (TPSA) is 83.1 Å². The number of amides is 1. The predicted octanol–water partition coefficient (Wildman–Crippen LogP) is 2.84. The molecule has 0 unspecified atom stereocenters. The van der Waals surface area contributed by atoms with Crippen molar-refractivity contribution in [3.8, 4) is 17.2 Å². The van der Waals surface area contributed by atoms with Crippen LogP contribution < -0.4 is 19.5 Å². The van der Waals surface area contributed by atoms with Crippen LogP contribution in [0.3, 0.4) is 0 Å². The molecule has 8 heteroatoms. The zero-order valence-corrected chi connectivity index (χ0v) is 16.0. The van der Waals surface area contributed by atoms with Gasteiger partial charge >= 0.3 is 5.97 Å². The molecule has 0 aliphatic rings. The van der Waals surface area contributed by atoms with Gasteiger partial charge in [-0.05, 0) is 29.8 Å². The molecule has 0 saturated heterocycles. The van der Waals surface area contributed by atoms with E-state index in [9.17, 15) is 9.59 Å². The van der Waals surface area contributed by atoms with Gasteiger partial charge < -0.3 is 24.3 Å². The summed E-state index contributed by atoms with van der Waals surface area (Å²) >= 11 is 5.89. The number of esters is 1. The lowest BCUT2D eigenvalue weighted by molar-refractivity contribution is -0.124. The van der Waals surface area contributed by atoms with Crippen LogP contribution in [0.5, 0.6) is 17.2 Å². The van der Waals surface area contributed by atoms with Gasteiger partial charge in [0.25, 0.3) is 5.91 Å². The van der Waals surface area contributed by atoms with E-state index in [1.54, 1.807) is 24.3 Å². The summed E-state index contributed by atoms with van der Waals surface area (Å²) in [7, 11) is 4.30. The van der Waals surface area contributed by atoms with Crippen LogP contribution in [0.2, 0.25) is 5.02 Å². The minimum absolute atomic E-state index is 0.123. The van der Waals surface area contributed by atoms with Crippen LogP contribution in [-0.2, 0) is 16.1 Å². The van der Waals surface area contributed by atoms with Crippen LogP contribution in [0.4, 0.5) is 0 Å². The van der Waals surface area contributed by atoms with Gasteiger partial charge in [0.15, 0.2) is 18.1 Å². The molecule has 27 heavy (non-hydrogen) atoms. The minimum Gasteiger partial charge on any atom is -0.493 e. The Balaban J connectivity index is 1.98. The number of ether oxygens (including phenoxy) is 4. The van der Waals surface area contributed by atoms with Gasteiger partial charge in [-0.1, -0.05) is 23.7 Å². The van der Waals surface area contributed by atoms with Gasteiger partial charge in [0.1, 0.15) is 5.56 Å². The molecule has 0 atom stereocenters. The van der Waals surface area contributed by atoms with Crippen LogP contribution in [0.15, 0.2) is 36.4 Å². The fraction of sp³-hybridized carbons (Fsp3) is 0.263. The van der Waals surface area contributed by atoms with E-state index >= 15 is 0 Å². The van der Waals surface area contributed by atoms with E-state index < -0.39 is 18.5 Å². The van der Waals surface area contributed by atoms with Crippen LogP contribution in [0, 0.1) is 0 Å². The molecule has 0 spiro atoms. The Labute approximate surface area is 162 Å². The van der Waals surface area contributed by atoms with Crippen molar-refractivity contribution in [2.45, 2.75) is 6.54 Å². The molecule has 7 nitrogen and oxygen atoms in total. The summed E-state index contributed by atoms with van der Waals surface area (Å²) in [5.41, 5.74) is 0.960. The standard InChI is InChI=1S/C19H20ClNO6/c1-24-15-8-7-14(17(25-2)18(15)26-3)19(23)27-11-16(22)21-10-12-5-4-6-13(20)9-12/h4-9H,10-11H2,1-3H3,(H,21,22). The molecule has 0 radical (unpaired) electrons. The summed E-state index contributed by atoms with van der Waals surface area (Å²) in [6.45, 7) is -0.159. The molecule has 1 N–H and O–H groups in total. The third kappa shape index (κ3) is 5.27. The summed E-state index contributed by atoms with van der Waals surface area (Å²) in [4.78, 5) is 24.2. The van der Waals surface area contributed by atoms with Gasteiger partial charge in [-0.15, -0.1) is 0 Å². The molecule has 2 aromatic rings. The SMILES string of the molecule is COc1ccc(C(=O)OCC(=O)NCc2cccc(Cl)c2)c(OC)c1OC. The van der Waals surface area contributed by atoms with E-state index in [2.05, 4.69) is 5.32 Å². The maximum atomic E-state index is 12.3. The van der Waals surface area contributed by atoms with Crippen LogP contribution in [-0.4, -0.2) is 39.8 Å². The van der Waals surface area contributed by atoms with Crippen molar-refractivity contribution in [3.63, 3.8) is 0 Å². The first-order valence-electron chi connectivity index (χ1n) is 7.97. The summed E-state index contributed by atoms with van der Waals surface area (Å²) in [5.74, 6) is -0.320. The van der Waals surface area contributed by atoms with Gasteiger partial charge in [-0.2, -0.15) is 0 Å². The number of methoxy groups -OCH3 is 3. The number of rotatable bonds is 8.